The second-order valence-corrected chi connectivity index (χ2v) is 7.94. The van der Waals surface area contributed by atoms with Gasteiger partial charge in [0.15, 0.2) is 22.3 Å². The molecule has 3 rings (SSSR count). The van der Waals surface area contributed by atoms with Gasteiger partial charge in [0.2, 0.25) is 5.75 Å². The van der Waals surface area contributed by atoms with Gasteiger partial charge in [-0.1, -0.05) is 12.1 Å². The Hall–Kier alpha value is -4.70. The number of nitro groups is 1. The maximum atomic E-state index is 15.0. The maximum absolute atomic E-state index is 15.0. The molecule has 0 aliphatic heterocycles. The number of carbonyl (C=O) groups is 1. The molecule has 0 bridgehead atoms. The number of thiazole rings is 1. The number of anilines is 2. The Labute approximate surface area is 202 Å². The Bertz CT molecular complexity index is 1350. The van der Waals surface area contributed by atoms with Gasteiger partial charge in [0.25, 0.3) is 5.91 Å². The Morgan fingerprint density at radius 3 is 2.77 bits per heavy atom. The number of aromatic nitrogens is 1. The largest absolute Gasteiger partial charge is 0.506 e. The highest BCUT2D eigenvalue weighted by Crippen LogP contribution is 2.39. The molecule has 0 fully saturated rings. The van der Waals surface area contributed by atoms with Gasteiger partial charge in [-0.15, -0.1) is 11.3 Å². The Morgan fingerprint density at radius 2 is 2.17 bits per heavy atom. The number of nitro benzene ring substituents is 1. The monoisotopic (exact) mass is 499 g/mol. The van der Waals surface area contributed by atoms with Crippen molar-refractivity contribution in [3.8, 4) is 17.6 Å². The van der Waals surface area contributed by atoms with Crippen LogP contribution in [0.25, 0.3) is 5.76 Å². The minimum absolute atomic E-state index is 0.126. The fraction of sp³-hybridized carbons (Fsp3) is 0.136. The van der Waals surface area contributed by atoms with E-state index in [1.54, 1.807) is 23.7 Å². The van der Waals surface area contributed by atoms with Crippen LogP contribution in [0.3, 0.4) is 0 Å². The number of hydrogen-bond donors (Lipinski definition) is 3. The van der Waals surface area contributed by atoms with Gasteiger partial charge in [0, 0.05) is 42.4 Å². The molecule has 0 saturated heterocycles. The standard InChI is InChI=1S/C22H18FN5O6S/c1-27(11-12-4-3-5-15(18(12)23)26-22-25-6-7-35-22)21(31)14(10-24)19(29)13-8-16(28(32)33)20(30)17(9-13)34-2/h3-9,29-30H,11H2,1-2H3,(H,25,26)/b19-14-. The van der Waals surface area contributed by atoms with Gasteiger partial charge in [-0.05, 0) is 12.1 Å². The van der Waals surface area contributed by atoms with E-state index in [4.69, 9.17) is 4.74 Å². The van der Waals surface area contributed by atoms with Crippen molar-refractivity contribution >= 4 is 39.5 Å². The highest BCUT2D eigenvalue weighted by atomic mass is 32.1. The molecule has 0 atom stereocenters. The number of aromatic hydroxyl groups is 1. The molecule has 0 aliphatic carbocycles. The number of phenolic OH excluding ortho intramolecular Hbond substituents is 1. The lowest BCUT2D eigenvalue weighted by Gasteiger charge is -2.19. The van der Waals surface area contributed by atoms with Crippen molar-refractivity contribution in [3.05, 3.63) is 74.5 Å². The minimum Gasteiger partial charge on any atom is -0.506 e. The molecule has 0 spiro atoms. The van der Waals surface area contributed by atoms with Gasteiger partial charge < -0.3 is 25.2 Å². The van der Waals surface area contributed by atoms with Crippen LogP contribution >= 0.6 is 11.3 Å². The van der Waals surface area contributed by atoms with Gasteiger partial charge in [0.05, 0.1) is 17.7 Å². The van der Waals surface area contributed by atoms with E-state index in [1.165, 1.54) is 30.5 Å². The molecule has 2 aromatic carbocycles. The van der Waals surface area contributed by atoms with Crippen LogP contribution in [0.2, 0.25) is 0 Å². The van der Waals surface area contributed by atoms with Crippen molar-refractivity contribution < 1.29 is 29.1 Å². The molecule has 0 saturated carbocycles. The normalized spacial score (nSPS) is 11.3. The lowest BCUT2D eigenvalue weighted by atomic mass is 10.1. The van der Waals surface area contributed by atoms with Crippen LogP contribution in [-0.2, 0) is 11.3 Å². The third-order valence-corrected chi connectivity index (χ3v) is 5.50. The highest BCUT2D eigenvalue weighted by molar-refractivity contribution is 7.13. The van der Waals surface area contributed by atoms with Crippen LogP contribution in [0.1, 0.15) is 11.1 Å². The van der Waals surface area contributed by atoms with Gasteiger partial charge in [-0.3, -0.25) is 14.9 Å². The molecule has 13 heteroatoms. The predicted octanol–water partition coefficient (Wildman–Crippen LogP) is 4.10. The van der Waals surface area contributed by atoms with Crippen molar-refractivity contribution in [1.29, 1.82) is 5.26 Å². The number of likely N-dealkylation sites (N-methyl/N-ethyl adjacent to an activating group) is 1. The van der Waals surface area contributed by atoms with E-state index in [9.17, 15) is 34.8 Å². The second kappa shape index (κ2) is 10.5. The molecule has 0 radical (unpaired) electrons. The molecule has 3 N–H and O–H groups in total. The average Bonchev–Trinajstić information content (AvgIpc) is 3.35. The zero-order chi connectivity index (χ0) is 25.7. The smallest absolute Gasteiger partial charge is 0.315 e. The van der Waals surface area contributed by atoms with E-state index < -0.39 is 39.4 Å². The lowest BCUT2D eigenvalue weighted by molar-refractivity contribution is -0.386. The number of carbonyl (C=O) groups excluding carboxylic acids is 1. The number of amides is 1. The number of benzene rings is 2. The first-order chi connectivity index (χ1) is 16.7. The van der Waals surface area contributed by atoms with Crippen LogP contribution < -0.4 is 10.1 Å². The molecule has 0 unspecified atom stereocenters. The number of ether oxygens (including phenoxy) is 1. The summed E-state index contributed by atoms with van der Waals surface area (Å²) in [7, 11) is 2.44. The van der Waals surface area contributed by atoms with Crippen LogP contribution in [0.4, 0.5) is 20.9 Å². The number of hydrogen-bond acceptors (Lipinski definition) is 10. The highest BCUT2D eigenvalue weighted by Gasteiger charge is 2.26. The summed E-state index contributed by atoms with van der Waals surface area (Å²) in [5.41, 5.74) is -1.57. The number of rotatable bonds is 8. The van der Waals surface area contributed by atoms with Crippen molar-refractivity contribution in [3.63, 3.8) is 0 Å². The molecular weight excluding hydrogens is 481 g/mol. The van der Waals surface area contributed by atoms with Crippen molar-refractivity contribution in [2.75, 3.05) is 19.5 Å². The number of nitrogens with one attached hydrogen (secondary N) is 1. The van der Waals surface area contributed by atoms with E-state index in [0.29, 0.717) is 5.13 Å². The molecule has 1 heterocycles. The summed E-state index contributed by atoms with van der Waals surface area (Å²) in [4.78, 5) is 28.2. The van der Waals surface area contributed by atoms with Crippen molar-refractivity contribution in [2.24, 2.45) is 0 Å². The number of nitrogens with zero attached hydrogens (tertiary/aromatic N) is 4. The molecule has 35 heavy (non-hydrogen) atoms. The number of phenols is 1. The van der Waals surface area contributed by atoms with E-state index in [-0.39, 0.29) is 29.1 Å². The summed E-state index contributed by atoms with van der Waals surface area (Å²) in [6, 6.07) is 7.94. The van der Waals surface area contributed by atoms with Crippen LogP contribution in [0.5, 0.6) is 11.5 Å². The average molecular weight is 499 g/mol. The molecule has 180 valence electrons. The summed E-state index contributed by atoms with van der Waals surface area (Å²) in [6.07, 6.45) is 1.56. The lowest BCUT2D eigenvalue weighted by Crippen LogP contribution is -2.28. The fourth-order valence-electron chi connectivity index (χ4n) is 3.09. The zero-order valence-corrected chi connectivity index (χ0v) is 19.2. The van der Waals surface area contributed by atoms with Crippen molar-refractivity contribution in [1.82, 2.24) is 9.88 Å². The third-order valence-electron chi connectivity index (χ3n) is 4.81. The first-order valence-electron chi connectivity index (χ1n) is 9.76. The SMILES string of the molecule is COc1cc(/C(O)=C(\C#N)C(=O)N(C)Cc2cccc(Nc3nccs3)c2F)cc([N+](=O)[O-])c1O. The third kappa shape index (κ3) is 5.28. The Kier molecular flexibility index (Phi) is 7.47. The quantitative estimate of drug-likeness (QED) is 0.136. The zero-order valence-electron chi connectivity index (χ0n) is 18.4. The number of halogens is 1. The molecule has 1 amide bonds. The Morgan fingerprint density at radius 1 is 1.43 bits per heavy atom. The van der Waals surface area contributed by atoms with Gasteiger partial charge in [-0.2, -0.15) is 5.26 Å². The predicted molar refractivity (Wildman–Crippen MR) is 125 cm³/mol. The minimum atomic E-state index is -0.961. The summed E-state index contributed by atoms with van der Waals surface area (Å²) in [5, 5.41) is 46.3. The summed E-state index contributed by atoms with van der Waals surface area (Å²) < 4.78 is 19.9. The summed E-state index contributed by atoms with van der Waals surface area (Å²) >= 11 is 1.28. The number of methoxy groups -OCH3 is 1. The van der Waals surface area contributed by atoms with E-state index in [2.05, 4.69) is 10.3 Å². The van der Waals surface area contributed by atoms with Crippen LogP contribution in [-0.4, -0.2) is 45.1 Å². The first kappa shape index (κ1) is 24.9. The van der Waals surface area contributed by atoms with Gasteiger partial charge in [0.1, 0.15) is 11.8 Å². The van der Waals surface area contributed by atoms with E-state index in [1.807, 2.05) is 0 Å². The Balaban J connectivity index is 1.91. The van der Waals surface area contributed by atoms with Gasteiger partial charge >= 0.3 is 5.69 Å². The van der Waals surface area contributed by atoms with Crippen LogP contribution in [0.15, 0.2) is 47.5 Å². The second-order valence-electron chi connectivity index (χ2n) is 7.04. The number of nitriles is 1. The fourth-order valence-corrected chi connectivity index (χ4v) is 3.63. The molecule has 11 nitrogen and oxygen atoms in total. The number of aliphatic hydroxyl groups is 1. The molecular formula is C22H18FN5O6S. The summed E-state index contributed by atoms with van der Waals surface area (Å²) in [6.45, 7) is -0.254. The number of aliphatic hydroxyl groups excluding tert-OH is 1. The summed E-state index contributed by atoms with van der Waals surface area (Å²) in [5.74, 6) is -3.58. The molecule has 0 aliphatic rings. The van der Waals surface area contributed by atoms with Crippen molar-refractivity contribution in [2.45, 2.75) is 6.54 Å². The van der Waals surface area contributed by atoms with E-state index >= 15 is 0 Å². The molecule has 3 aromatic rings. The van der Waals surface area contributed by atoms with E-state index in [0.717, 1.165) is 24.1 Å². The molecule has 1 aromatic heterocycles. The topological polar surface area (TPSA) is 162 Å². The maximum Gasteiger partial charge on any atom is 0.315 e. The van der Waals surface area contributed by atoms with Crippen LogP contribution in [0, 0.1) is 27.3 Å². The van der Waals surface area contributed by atoms with Gasteiger partial charge in [-0.25, -0.2) is 9.37 Å². The first-order valence-corrected chi connectivity index (χ1v) is 10.6.